The normalized spacial score (nSPS) is 22.6. The Morgan fingerprint density at radius 1 is 1.30 bits per heavy atom. The van der Waals surface area contributed by atoms with E-state index in [1.807, 2.05) is 0 Å². The smallest absolute Gasteiger partial charge is 0.387 e. The summed E-state index contributed by atoms with van der Waals surface area (Å²) in [4.78, 5) is 12.1. The molecule has 2 rings (SSSR count). The molecule has 0 heterocycles. The van der Waals surface area contributed by atoms with Crippen LogP contribution in [0.4, 0.5) is 8.78 Å². The molecule has 0 radical (unpaired) electrons. The molecule has 0 aliphatic heterocycles. The minimum atomic E-state index is -2.98. The highest BCUT2D eigenvalue weighted by Gasteiger charge is 2.26. The van der Waals surface area contributed by atoms with Crippen molar-refractivity contribution in [2.75, 3.05) is 0 Å². The summed E-state index contributed by atoms with van der Waals surface area (Å²) in [5.41, 5.74) is 0.0468. The van der Waals surface area contributed by atoms with Crippen molar-refractivity contribution in [1.82, 2.24) is 5.32 Å². The van der Waals surface area contributed by atoms with Crippen molar-refractivity contribution < 1.29 is 23.4 Å². The van der Waals surface area contributed by atoms with Crippen molar-refractivity contribution in [3.8, 4) is 5.75 Å². The number of carbonyl (C=O) groups is 1. The summed E-state index contributed by atoms with van der Waals surface area (Å²) in [6, 6.07) is 5.49. The van der Waals surface area contributed by atoms with Gasteiger partial charge in [0, 0.05) is 0 Å². The summed E-state index contributed by atoms with van der Waals surface area (Å²) < 4.78 is 28.9. The molecule has 0 aromatic heterocycles. The Labute approximate surface area is 115 Å². The third-order valence-electron chi connectivity index (χ3n) is 3.39. The second-order valence-corrected chi connectivity index (χ2v) is 4.81. The van der Waals surface area contributed by atoms with Crippen LogP contribution in [-0.2, 0) is 0 Å². The van der Waals surface area contributed by atoms with E-state index in [0.29, 0.717) is 12.8 Å². The van der Waals surface area contributed by atoms with Gasteiger partial charge in [-0.2, -0.15) is 8.78 Å². The van der Waals surface area contributed by atoms with Crippen molar-refractivity contribution in [2.45, 2.75) is 44.4 Å². The fourth-order valence-corrected chi connectivity index (χ4v) is 2.38. The molecule has 2 atom stereocenters. The van der Waals surface area contributed by atoms with Crippen LogP contribution in [0, 0.1) is 0 Å². The summed E-state index contributed by atoms with van der Waals surface area (Å²) in [6.45, 7) is -2.98. The molecule has 2 N–H and O–H groups in total. The number of hydrogen-bond donors (Lipinski definition) is 2. The molecule has 6 heteroatoms. The number of hydrogen-bond acceptors (Lipinski definition) is 3. The molecule has 20 heavy (non-hydrogen) atoms. The van der Waals surface area contributed by atoms with E-state index in [1.54, 1.807) is 6.07 Å². The maximum Gasteiger partial charge on any atom is 0.387 e. The zero-order valence-electron chi connectivity index (χ0n) is 10.9. The lowest BCUT2D eigenvalue weighted by Gasteiger charge is -2.28. The van der Waals surface area contributed by atoms with Gasteiger partial charge in [-0.15, -0.1) is 0 Å². The fourth-order valence-electron chi connectivity index (χ4n) is 2.38. The van der Waals surface area contributed by atoms with E-state index in [-0.39, 0.29) is 17.4 Å². The first-order chi connectivity index (χ1) is 9.58. The molecular formula is C14H17F2NO3. The van der Waals surface area contributed by atoms with E-state index in [0.717, 1.165) is 12.8 Å². The summed E-state index contributed by atoms with van der Waals surface area (Å²) in [6.07, 6.45) is 2.59. The number of alkyl halides is 2. The maximum atomic E-state index is 12.3. The molecule has 1 saturated carbocycles. The van der Waals surface area contributed by atoms with Crippen LogP contribution < -0.4 is 10.1 Å². The lowest BCUT2D eigenvalue weighted by molar-refractivity contribution is -0.0502. The highest BCUT2D eigenvalue weighted by molar-refractivity contribution is 5.97. The largest absolute Gasteiger partial charge is 0.434 e. The van der Waals surface area contributed by atoms with E-state index in [2.05, 4.69) is 10.1 Å². The first kappa shape index (κ1) is 14.7. The molecule has 1 aromatic carbocycles. The highest BCUT2D eigenvalue weighted by atomic mass is 19.3. The molecule has 0 bridgehead atoms. The lowest BCUT2D eigenvalue weighted by Crippen LogP contribution is -2.45. The van der Waals surface area contributed by atoms with E-state index < -0.39 is 18.6 Å². The van der Waals surface area contributed by atoms with Crippen LogP contribution in [0.25, 0.3) is 0 Å². The Bertz CT molecular complexity index is 467. The monoisotopic (exact) mass is 285 g/mol. The number of aliphatic hydroxyl groups is 1. The van der Waals surface area contributed by atoms with Gasteiger partial charge in [-0.1, -0.05) is 25.0 Å². The van der Waals surface area contributed by atoms with Gasteiger partial charge >= 0.3 is 6.61 Å². The zero-order chi connectivity index (χ0) is 14.5. The highest BCUT2D eigenvalue weighted by Crippen LogP contribution is 2.22. The van der Waals surface area contributed by atoms with Crippen LogP contribution in [0.5, 0.6) is 5.75 Å². The SMILES string of the molecule is O=C(N[C@@H]1CCCC[C@H]1O)c1ccccc1OC(F)F. The number of rotatable bonds is 4. The topological polar surface area (TPSA) is 58.6 Å². The molecule has 1 amide bonds. The average Bonchev–Trinajstić information content (AvgIpc) is 2.41. The second kappa shape index (κ2) is 6.65. The number of amides is 1. The third-order valence-corrected chi connectivity index (χ3v) is 3.39. The Hall–Kier alpha value is -1.69. The van der Waals surface area contributed by atoms with E-state index in [9.17, 15) is 18.7 Å². The number of halogens is 2. The van der Waals surface area contributed by atoms with Crippen molar-refractivity contribution in [3.05, 3.63) is 29.8 Å². The van der Waals surface area contributed by atoms with Gasteiger partial charge in [0.2, 0.25) is 0 Å². The molecule has 4 nitrogen and oxygen atoms in total. The van der Waals surface area contributed by atoms with E-state index in [1.165, 1.54) is 18.2 Å². The first-order valence-corrected chi connectivity index (χ1v) is 6.60. The number of aliphatic hydroxyl groups excluding tert-OH is 1. The number of ether oxygens (including phenoxy) is 1. The van der Waals surface area contributed by atoms with Crippen molar-refractivity contribution >= 4 is 5.91 Å². The molecule has 0 spiro atoms. The minimum absolute atomic E-state index is 0.0468. The summed E-state index contributed by atoms with van der Waals surface area (Å²) >= 11 is 0. The van der Waals surface area contributed by atoms with Crippen LogP contribution in [0.3, 0.4) is 0 Å². The molecule has 0 unspecified atom stereocenters. The molecule has 110 valence electrons. The Morgan fingerprint density at radius 2 is 2.00 bits per heavy atom. The molecule has 1 fully saturated rings. The second-order valence-electron chi connectivity index (χ2n) is 4.81. The summed E-state index contributed by atoms with van der Waals surface area (Å²) in [5, 5.41) is 12.5. The molecule has 0 saturated heterocycles. The summed E-state index contributed by atoms with van der Waals surface area (Å²) in [5.74, 6) is -0.669. The van der Waals surface area contributed by atoms with E-state index in [4.69, 9.17) is 0 Å². The quantitative estimate of drug-likeness (QED) is 0.892. The number of nitrogens with one attached hydrogen (secondary N) is 1. The number of carbonyl (C=O) groups excluding carboxylic acids is 1. The maximum absolute atomic E-state index is 12.3. The molecule has 1 aromatic rings. The predicted molar refractivity (Wildman–Crippen MR) is 68.8 cm³/mol. The number of para-hydroxylation sites is 1. The van der Waals surface area contributed by atoms with Gasteiger partial charge in [0.15, 0.2) is 0 Å². The Morgan fingerprint density at radius 3 is 2.70 bits per heavy atom. The molecular weight excluding hydrogens is 268 g/mol. The third kappa shape index (κ3) is 3.66. The molecule has 1 aliphatic carbocycles. The van der Waals surface area contributed by atoms with Gasteiger partial charge in [-0.25, -0.2) is 0 Å². The van der Waals surface area contributed by atoms with Crippen molar-refractivity contribution in [2.24, 2.45) is 0 Å². The van der Waals surface area contributed by atoms with Crippen molar-refractivity contribution in [1.29, 1.82) is 0 Å². The van der Waals surface area contributed by atoms with Crippen molar-refractivity contribution in [3.63, 3.8) is 0 Å². The first-order valence-electron chi connectivity index (χ1n) is 6.60. The van der Waals surface area contributed by atoms with Crippen LogP contribution in [-0.4, -0.2) is 29.8 Å². The average molecular weight is 285 g/mol. The fraction of sp³-hybridized carbons (Fsp3) is 0.500. The van der Waals surface area contributed by atoms with E-state index >= 15 is 0 Å². The van der Waals surface area contributed by atoms with Gasteiger partial charge < -0.3 is 15.2 Å². The Kier molecular flexibility index (Phi) is 4.89. The van der Waals surface area contributed by atoms with Gasteiger partial charge in [-0.3, -0.25) is 4.79 Å². The Balaban J connectivity index is 2.08. The molecule has 1 aliphatic rings. The van der Waals surface area contributed by atoms with Crippen LogP contribution in [0.2, 0.25) is 0 Å². The van der Waals surface area contributed by atoms with Crippen LogP contribution in [0.1, 0.15) is 36.0 Å². The van der Waals surface area contributed by atoms with Gasteiger partial charge in [0.25, 0.3) is 5.91 Å². The summed E-state index contributed by atoms with van der Waals surface area (Å²) in [7, 11) is 0. The van der Waals surface area contributed by atoms with Gasteiger partial charge in [0.05, 0.1) is 17.7 Å². The standard InChI is InChI=1S/C14H17F2NO3/c15-14(16)20-12-8-4-1-5-9(12)13(19)17-10-6-2-3-7-11(10)18/h1,4-5,8,10-11,14,18H,2-3,6-7H2,(H,17,19)/t10-,11-/m1/s1. The number of benzene rings is 1. The minimum Gasteiger partial charge on any atom is -0.434 e. The van der Waals surface area contributed by atoms with Gasteiger partial charge in [-0.05, 0) is 25.0 Å². The van der Waals surface area contributed by atoms with Gasteiger partial charge in [0.1, 0.15) is 5.75 Å². The lowest BCUT2D eigenvalue weighted by atomic mass is 9.92. The predicted octanol–water partition coefficient (Wildman–Crippen LogP) is 2.32. The van der Waals surface area contributed by atoms with Crippen LogP contribution >= 0.6 is 0 Å². The zero-order valence-corrected chi connectivity index (χ0v) is 10.9. The van der Waals surface area contributed by atoms with Crippen LogP contribution in [0.15, 0.2) is 24.3 Å².